The van der Waals surface area contributed by atoms with Crippen LogP contribution in [0.1, 0.15) is 25.3 Å². The van der Waals surface area contributed by atoms with Crippen LogP contribution in [0.4, 0.5) is 0 Å². The smallest absolute Gasteiger partial charge is 0.326 e. The molecule has 0 aliphatic rings. The van der Waals surface area contributed by atoms with Crippen LogP contribution in [-0.4, -0.2) is 82.4 Å². The number of carbonyl (C=O) groups excluding carboxylic acids is 3. The van der Waals surface area contributed by atoms with Crippen LogP contribution in [0.5, 0.6) is 0 Å². The molecular formula is C22H35N7O6S. The van der Waals surface area contributed by atoms with Gasteiger partial charge in [0, 0.05) is 18.7 Å². The van der Waals surface area contributed by atoms with Crippen molar-refractivity contribution in [2.75, 3.05) is 12.3 Å². The van der Waals surface area contributed by atoms with Crippen LogP contribution >= 0.6 is 12.6 Å². The number of aliphatic hydroxyl groups is 1. The summed E-state index contributed by atoms with van der Waals surface area (Å²) in [7, 11) is 0. The van der Waals surface area contributed by atoms with E-state index < -0.39 is 54.0 Å². The summed E-state index contributed by atoms with van der Waals surface area (Å²) in [4.78, 5) is 53.6. The minimum atomic E-state index is -1.49. The predicted molar refractivity (Wildman–Crippen MR) is 137 cm³/mol. The molecule has 0 aliphatic carbocycles. The number of rotatable bonds is 15. The van der Waals surface area contributed by atoms with Crippen LogP contribution in [0.2, 0.25) is 0 Å². The molecule has 1 aromatic rings. The number of carboxylic acids is 1. The van der Waals surface area contributed by atoms with Crippen molar-refractivity contribution in [3.8, 4) is 0 Å². The Labute approximate surface area is 214 Å². The van der Waals surface area contributed by atoms with E-state index in [1.165, 1.54) is 6.92 Å². The molecule has 13 nitrogen and oxygen atoms in total. The van der Waals surface area contributed by atoms with Gasteiger partial charge in [0.15, 0.2) is 5.96 Å². The molecule has 0 aromatic heterocycles. The third-order valence-electron chi connectivity index (χ3n) is 5.07. The molecule has 0 heterocycles. The van der Waals surface area contributed by atoms with Crippen LogP contribution in [-0.2, 0) is 25.6 Å². The minimum absolute atomic E-state index is 0.00658. The first kappa shape index (κ1) is 30.7. The Kier molecular flexibility index (Phi) is 13.3. The maximum Gasteiger partial charge on any atom is 0.326 e. The number of carboxylic acid groups (broad SMARTS) is 1. The second-order valence-corrected chi connectivity index (χ2v) is 8.48. The summed E-state index contributed by atoms with van der Waals surface area (Å²) in [5, 5.41) is 26.8. The molecule has 5 atom stereocenters. The number of nitrogens with two attached hydrogens (primary N) is 3. The molecule has 0 radical (unpaired) electrons. The molecule has 3 amide bonds. The van der Waals surface area contributed by atoms with Crippen molar-refractivity contribution in [1.29, 1.82) is 0 Å². The maximum atomic E-state index is 13.1. The van der Waals surface area contributed by atoms with Crippen LogP contribution in [0.3, 0.4) is 0 Å². The highest BCUT2D eigenvalue weighted by molar-refractivity contribution is 7.80. The lowest BCUT2D eigenvalue weighted by molar-refractivity contribution is -0.143. The number of aliphatic imine (C=N–C) groups is 1. The third-order valence-corrected chi connectivity index (χ3v) is 5.47. The molecule has 14 heteroatoms. The largest absolute Gasteiger partial charge is 0.480 e. The Hall–Kier alpha value is -3.36. The average Bonchev–Trinajstić information content (AvgIpc) is 2.83. The number of aliphatic carboxylic acids is 1. The van der Waals surface area contributed by atoms with E-state index in [1.54, 1.807) is 30.3 Å². The molecule has 0 saturated carbocycles. The summed E-state index contributed by atoms with van der Waals surface area (Å²) in [6, 6.07) is 3.92. The predicted octanol–water partition coefficient (Wildman–Crippen LogP) is -2.54. The van der Waals surface area contributed by atoms with Gasteiger partial charge in [0.2, 0.25) is 17.7 Å². The van der Waals surface area contributed by atoms with E-state index in [1.807, 2.05) is 0 Å². The first-order valence-corrected chi connectivity index (χ1v) is 11.9. The number of nitrogens with one attached hydrogen (secondary N) is 3. The first-order chi connectivity index (χ1) is 17.0. The van der Waals surface area contributed by atoms with Crippen molar-refractivity contribution in [2.45, 2.75) is 56.5 Å². The number of guanidine groups is 1. The van der Waals surface area contributed by atoms with Crippen LogP contribution in [0.15, 0.2) is 35.3 Å². The lowest BCUT2D eigenvalue weighted by Gasteiger charge is -2.26. The van der Waals surface area contributed by atoms with E-state index in [0.29, 0.717) is 0 Å². The van der Waals surface area contributed by atoms with Gasteiger partial charge in [-0.15, -0.1) is 0 Å². The average molecular weight is 526 g/mol. The monoisotopic (exact) mass is 525 g/mol. The fourth-order valence-corrected chi connectivity index (χ4v) is 3.27. The standard InChI is InChI=1S/C22H35N7O6S/c1-12(30)17(20(33)27-15(21(34)35)8-5-9-26-22(24)25)29-19(32)16(28-18(31)14(23)11-36)10-13-6-3-2-4-7-13/h2-4,6-7,12,14-17,30,36H,5,8-11,23H2,1H3,(H,27,33)(H,28,31)(H,29,32)(H,34,35)(H4,24,25,26). The van der Waals surface area contributed by atoms with Crippen LogP contribution in [0, 0.1) is 0 Å². The number of aliphatic hydroxyl groups excluding tert-OH is 1. The van der Waals surface area contributed by atoms with Crippen molar-refractivity contribution in [2.24, 2.45) is 22.2 Å². The van der Waals surface area contributed by atoms with E-state index in [9.17, 15) is 29.4 Å². The second kappa shape index (κ2) is 15.6. The van der Waals surface area contributed by atoms with Gasteiger partial charge in [0.05, 0.1) is 12.1 Å². The Morgan fingerprint density at radius 3 is 2.14 bits per heavy atom. The van der Waals surface area contributed by atoms with Gasteiger partial charge in [-0.05, 0) is 25.3 Å². The molecule has 11 N–H and O–H groups in total. The van der Waals surface area contributed by atoms with Crippen LogP contribution in [0.25, 0.3) is 0 Å². The Balaban J connectivity index is 2.98. The number of thiol groups is 1. The van der Waals surface area contributed by atoms with Gasteiger partial charge in [0.1, 0.15) is 18.1 Å². The molecule has 0 aliphatic heterocycles. The Morgan fingerprint density at radius 1 is 1.00 bits per heavy atom. The van der Waals surface area contributed by atoms with Gasteiger partial charge in [-0.1, -0.05) is 30.3 Å². The van der Waals surface area contributed by atoms with Gasteiger partial charge in [-0.2, -0.15) is 12.6 Å². The topological polar surface area (TPSA) is 235 Å². The normalized spacial score (nSPS) is 14.9. The van der Waals surface area contributed by atoms with Crippen molar-refractivity contribution in [3.05, 3.63) is 35.9 Å². The molecule has 1 rings (SSSR count). The molecule has 200 valence electrons. The number of amides is 3. The van der Waals surface area contributed by atoms with Gasteiger partial charge in [-0.25, -0.2) is 4.79 Å². The number of hydrogen-bond donors (Lipinski definition) is 9. The van der Waals surface area contributed by atoms with Gasteiger partial charge in [-0.3, -0.25) is 19.4 Å². The fourth-order valence-electron chi connectivity index (χ4n) is 3.10. The lowest BCUT2D eigenvalue weighted by Crippen LogP contribution is -2.60. The Morgan fingerprint density at radius 2 is 1.61 bits per heavy atom. The zero-order valence-corrected chi connectivity index (χ0v) is 20.9. The van der Waals surface area contributed by atoms with Gasteiger partial charge >= 0.3 is 5.97 Å². The van der Waals surface area contributed by atoms with Gasteiger partial charge in [0.25, 0.3) is 0 Å². The molecule has 0 bridgehead atoms. The number of nitrogens with zero attached hydrogens (tertiary/aromatic N) is 1. The summed E-state index contributed by atoms with van der Waals surface area (Å²) in [5.74, 6) is -3.70. The molecular weight excluding hydrogens is 490 g/mol. The summed E-state index contributed by atoms with van der Waals surface area (Å²) in [6.07, 6.45) is -1.03. The lowest BCUT2D eigenvalue weighted by atomic mass is 10.0. The molecule has 36 heavy (non-hydrogen) atoms. The van der Waals surface area contributed by atoms with Crippen molar-refractivity contribution in [1.82, 2.24) is 16.0 Å². The first-order valence-electron chi connectivity index (χ1n) is 11.2. The SMILES string of the molecule is CC(O)C(NC(=O)C(Cc1ccccc1)NC(=O)C(N)CS)C(=O)NC(CCCN=C(N)N)C(=O)O. The second-order valence-electron chi connectivity index (χ2n) is 8.12. The zero-order chi connectivity index (χ0) is 27.3. The van der Waals surface area contributed by atoms with E-state index in [-0.39, 0.29) is 37.5 Å². The molecule has 1 aromatic carbocycles. The molecule has 0 fully saturated rings. The fraction of sp³-hybridized carbons (Fsp3) is 0.500. The van der Waals surface area contributed by atoms with Crippen molar-refractivity contribution >= 4 is 42.3 Å². The van der Waals surface area contributed by atoms with Crippen LogP contribution < -0.4 is 33.2 Å². The zero-order valence-electron chi connectivity index (χ0n) is 20.0. The van der Waals surface area contributed by atoms with E-state index >= 15 is 0 Å². The van der Waals surface area contributed by atoms with Gasteiger partial charge < -0.3 is 43.4 Å². The maximum absolute atomic E-state index is 13.1. The van der Waals surface area contributed by atoms with E-state index in [4.69, 9.17) is 17.2 Å². The van der Waals surface area contributed by atoms with Crippen molar-refractivity contribution in [3.63, 3.8) is 0 Å². The highest BCUT2D eigenvalue weighted by Crippen LogP contribution is 2.06. The number of hydrogen-bond acceptors (Lipinski definition) is 8. The highest BCUT2D eigenvalue weighted by atomic mass is 32.1. The van der Waals surface area contributed by atoms with Crippen molar-refractivity contribution < 1.29 is 29.4 Å². The molecule has 5 unspecified atom stereocenters. The number of benzene rings is 1. The Bertz CT molecular complexity index is 911. The number of carbonyl (C=O) groups is 4. The quantitative estimate of drug-likeness (QED) is 0.0507. The summed E-state index contributed by atoms with van der Waals surface area (Å²) >= 11 is 3.99. The van der Waals surface area contributed by atoms with E-state index in [2.05, 4.69) is 33.6 Å². The summed E-state index contributed by atoms with van der Waals surface area (Å²) in [5.41, 5.74) is 16.9. The highest BCUT2D eigenvalue weighted by Gasteiger charge is 2.32. The minimum Gasteiger partial charge on any atom is -0.480 e. The summed E-state index contributed by atoms with van der Waals surface area (Å²) < 4.78 is 0. The van der Waals surface area contributed by atoms with E-state index in [0.717, 1.165) is 5.56 Å². The third kappa shape index (κ3) is 10.9. The molecule has 0 saturated heterocycles. The summed E-state index contributed by atoms with van der Waals surface area (Å²) in [6.45, 7) is 1.43. The molecule has 0 spiro atoms.